The molecule has 3 saturated carbocycles. The van der Waals surface area contributed by atoms with Crippen LogP contribution in [0, 0.1) is 23.4 Å². The summed E-state index contributed by atoms with van der Waals surface area (Å²) in [7, 11) is -4.78. The van der Waals surface area contributed by atoms with Crippen molar-refractivity contribution in [3.63, 3.8) is 0 Å². The monoisotopic (exact) mass is 594 g/mol. The summed E-state index contributed by atoms with van der Waals surface area (Å²) < 4.78 is 72.0. The molecule has 0 spiro atoms. The van der Waals surface area contributed by atoms with Crippen LogP contribution >= 0.6 is 34.7 Å². The van der Waals surface area contributed by atoms with Gasteiger partial charge in [-0.25, -0.2) is 36.5 Å². The number of anilines is 1. The minimum absolute atomic E-state index is 0.00341. The molecule has 0 aliphatic heterocycles. The molecule has 0 radical (unpaired) electrons. The van der Waals surface area contributed by atoms with Crippen molar-refractivity contribution in [1.82, 2.24) is 15.0 Å². The Morgan fingerprint density at radius 3 is 2.37 bits per heavy atom. The fourth-order valence-electron chi connectivity index (χ4n) is 4.97. The number of hydrogen-bond acceptors (Lipinski definition) is 7. The van der Waals surface area contributed by atoms with Crippen LogP contribution in [0.25, 0.3) is 21.8 Å². The molecule has 6 nitrogen and oxygen atoms in total. The average Bonchev–Trinajstić information content (AvgIpc) is 3.22. The third kappa shape index (κ3) is 4.09. The molecule has 2 heterocycles. The van der Waals surface area contributed by atoms with E-state index in [1.165, 1.54) is 47.5 Å². The second-order valence-electron chi connectivity index (χ2n) is 9.33. The molecule has 0 amide bonds. The van der Waals surface area contributed by atoms with E-state index in [1.54, 1.807) is 0 Å². The van der Waals surface area contributed by atoms with E-state index in [0.29, 0.717) is 21.6 Å². The van der Waals surface area contributed by atoms with Crippen LogP contribution in [0.5, 0.6) is 0 Å². The first-order valence-corrected chi connectivity index (χ1v) is 15.4. The minimum atomic E-state index is -4.78. The van der Waals surface area contributed by atoms with E-state index >= 15 is 4.39 Å². The van der Waals surface area contributed by atoms with Gasteiger partial charge in [-0.15, -0.1) is 11.3 Å². The topological polar surface area (TPSA) is 84.8 Å². The molecule has 7 rings (SSSR count). The van der Waals surface area contributed by atoms with E-state index in [9.17, 15) is 17.2 Å². The summed E-state index contributed by atoms with van der Waals surface area (Å²) in [5, 5.41) is 1.60. The second-order valence-corrected chi connectivity index (χ2v) is 13.1. The van der Waals surface area contributed by atoms with Crippen molar-refractivity contribution in [3.8, 4) is 21.8 Å². The summed E-state index contributed by atoms with van der Waals surface area (Å²) >= 11 is 9.19. The largest absolute Gasteiger partial charge is 0.276 e. The molecule has 38 heavy (non-hydrogen) atoms. The second kappa shape index (κ2) is 9.22. The lowest BCUT2D eigenvalue weighted by atomic mass is 9.45. The van der Waals surface area contributed by atoms with E-state index in [2.05, 4.69) is 9.97 Å². The van der Waals surface area contributed by atoms with Gasteiger partial charge in [0.1, 0.15) is 22.3 Å². The van der Waals surface area contributed by atoms with E-state index in [1.807, 2.05) is 11.0 Å². The van der Waals surface area contributed by atoms with E-state index in [4.69, 9.17) is 16.6 Å². The lowest BCUT2D eigenvalue weighted by Crippen LogP contribution is -2.55. The van der Waals surface area contributed by atoms with Crippen LogP contribution in [0.3, 0.4) is 0 Å². The van der Waals surface area contributed by atoms with E-state index < -0.39 is 38.1 Å². The van der Waals surface area contributed by atoms with Crippen molar-refractivity contribution in [3.05, 3.63) is 70.1 Å². The number of rotatable bonds is 7. The van der Waals surface area contributed by atoms with Gasteiger partial charge in [-0.05, 0) is 55.7 Å². The van der Waals surface area contributed by atoms with Crippen LogP contribution in [0.15, 0.2) is 52.6 Å². The lowest BCUT2D eigenvalue weighted by Gasteiger charge is -2.60. The Labute approximate surface area is 229 Å². The number of thioether (sulfide) groups is 1. The molecule has 2 aromatic carbocycles. The maximum atomic E-state index is 15.9. The number of thiazole rings is 1. The van der Waals surface area contributed by atoms with Gasteiger partial charge in [-0.3, -0.25) is 4.72 Å². The lowest BCUT2D eigenvalue weighted by molar-refractivity contribution is -0.0274. The van der Waals surface area contributed by atoms with Gasteiger partial charge in [-0.2, -0.15) is 0 Å². The van der Waals surface area contributed by atoms with Gasteiger partial charge < -0.3 is 0 Å². The molecule has 2 aromatic heterocycles. The maximum absolute atomic E-state index is 15.9. The summed E-state index contributed by atoms with van der Waals surface area (Å²) in [4.78, 5) is 12.9. The number of hydrogen-bond donors (Lipinski definition) is 1. The van der Waals surface area contributed by atoms with Crippen LogP contribution in [0.2, 0.25) is 5.02 Å². The molecule has 196 valence electrons. The van der Waals surface area contributed by atoms with Crippen molar-refractivity contribution in [2.24, 2.45) is 5.92 Å². The maximum Gasteiger partial charge on any atom is 0.267 e. The highest BCUT2D eigenvalue weighted by atomic mass is 35.5. The molecule has 0 saturated heterocycles. The predicted octanol–water partition coefficient (Wildman–Crippen LogP) is 6.91. The quantitative estimate of drug-likeness (QED) is 0.185. The van der Waals surface area contributed by atoms with Crippen molar-refractivity contribution in [2.75, 3.05) is 11.0 Å². The molecule has 4 aromatic rings. The molecule has 3 aliphatic rings. The van der Waals surface area contributed by atoms with Crippen molar-refractivity contribution in [1.29, 1.82) is 0 Å². The molecule has 3 fully saturated rings. The SMILES string of the molecule is CSc1ncc(Cl)c(-c2sc(C34CC(C3)C4)nc2-c2cccc(NS(=O)(=O)c3c(F)cccc3F)c2F)n1. The Hall–Kier alpha value is -2.67. The van der Waals surface area contributed by atoms with Gasteiger partial charge in [-0.1, -0.05) is 35.5 Å². The molecule has 3 aliphatic carbocycles. The first-order chi connectivity index (χ1) is 18.1. The van der Waals surface area contributed by atoms with Gasteiger partial charge in [0.25, 0.3) is 10.0 Å². The van der Waals surface area contributed by atoms with Gasteiger partial charge in [0, 0.05) is 11.0 Å². The normalized spacial score (nSPS) is 20.1. The van der Waals surface area contributed by atoms with E-state index in [0.717, 1.165) is 42.5 Å². The van der Waals surface area contributed by atoms with Crippen molar-refractivity contribution < 1.29 is 21.6 Å². The fourth-order valence-corrected chi connectivity index (χ4v) is 8.05. The van der Waals surface area contributed by atoms with Crippen molar-refractivity contribution in [2.45, 2.75) is 34.7 Å². The zero-order valence-corrected chi connectivity index (χ0v) is 22.8. The van der Waals surface area contributed by atoms with E-state index in [-0.39, 0.29) is 21.7 Å². The first-order valence-electron chi connectivity index (χ1n) is 11.5. The van der Waals surface area contributed by atoms with Crippen LogP contribution < -0.4 is 4.72 Å². The smallest absolute Gasteiger partial charge is 0.267 e. The number of aromatic nitrogens is 3. The van der Waals surface area contributed by atoms with Gasteiger partial charge in [0.05, 0.1) is 27.5 Å². The Morgan fingerprint density at radius 1 is 1.05 bits per heavy atom. The summed E-state index contributed by atoms with van der Waals surface area (Å²) in [6, 6.07) is 6.74. The highest BCUT2D eigenvalue weighted by Gasteiger charge is 2.59. The summed E-state index contributed by atoms with van der Waals surface area (Å²) in [5.74, 6) is -2.84. The third-order valence-electron chi connectivity index (χ3n) is 6.92. The molecular formula is C25H18ClF3N4O2S3. The van der Waals surface area contributed by atoms with Crippen LogP contribution in [0.1, 0.15) is 24.3 Å². The van der Waals surface area contributed by atoms with Gasteiger partial charge in [0.2, 0.25) is 0 Å². The highest BCUT2D eigenvalue weighted by molar-refractivity contribution is 7.98. The standard InChI is InChI=1S/C25H18ClF3N4O2S3/c1-36-24-30-11-14(26)20(32-24)21-19(31-23(37-21)25-8-12(9-25)10-25)13-4-2-7-17(18(13)29)33-38(34,35)22-15(27)5-3-6-16(22)28/h2-7,11-12,33H,8-10H2,1H3. The zero-order valence-electron chi connectivity index (χ0n) is 19.6. The number of sulfonamides is 1. The highest BCUT2D eigenvalue weighted by Crippen LogP contribution is 2.66. The molecular weight excluding hydrogens is 577 g/mol. The number of nitrogens with one attached hydrogen (secondary N) is 1. The van der Waals surface area contributed by atoms with Crippen molar-refractivity contribution >= 4 is 50.4 Å². The number of nitrogens with zero attached hydrogens (tertiary/aromatic N) is 3. The Balaban J connectivity index is 1.47. The van der Waals surface area contributed by atoms with Gasteiger partial charge in [0.15, 0.2) is 15.9 Å². The Morgan fingerprint density at radius 2 is 1.74 bits per heavy atom. The summed E-state index contributed by atoms with van der Waals surface area (Å²) in [6.45, 7) is 0. The van der Waals surface area contributed by atoms with Crippen LogP contribution in [0.4, 0.5) is 18.9 Å². The molecule has 13 heteroatoms. The fraction of sp³-hybridized carbons (Fsp3) is 0.240. The number of halogens is 4. The third-order valence-corrected chi connectivity index (χ3v) is 10.5. The Kier molecular flexibility index (Phi) is 6.21. The zero-order chi connectivity index (χ0) is 26.8. The summed E-state index contributed by atoms with van der Waals surface area (Å²) in [5.41, 5.74) is 0.147. The first kappa shape index (κ1) is 25.6. The molecule has 0 unspecified atom stereocenters. The number of benzene rings is 2. The van der Waals surface area contributed by atoms with Crippen LogP contribution in [-0.4, -0.2) is 29.6 Å². The molecule has 2 bridgehead atoms. The summed E-state index contributed by atoms with van der Waals surface area (Å²) in [6.07, 6.45) is 6.35. The minimum Gasteiger partial charge on any atom is -0.276 e. The van der Waals surface area contributed by atoms with Gasteiger partial charge >= 0.3 is 0 Å². The Bertz CT molecular complexity index is 1680. The average molecular weight is 595 g/mol. The predicted molar refractivity (Wildman–Crippen MR) is 142 cm³/mol. The van der Waals surface area contributed by atoms with Crippen LogP contribution in [-0.2, 0) is 15.4 Å². The molecule has 0 atom stereocenters. The molecule has 1 N–H and O–H groups in total.